The molecule has 19 heteroatoms. The molecule has 0 N–H and O–H groups in total. The van der Waals surface area contributed by atoms with Gasteiger partial charge in [0.15, 0.2) is 0 Å². The van der Waals surface area contributed by atoms with Gasteiger partial charge in [-0.3, -0.25) is 9.97 Å². The van der Waals surface area contributed by atoms with E-state index in [9.17, 15) is 26.4 Å². The minimum Gasteiger partial charge on any atom is -0.444 e. The Labute approximate surface area is 340 Å². The van der Waals surface area contributed by atoms with E-state index in [1.165, 1.54) is 65.3 Å². The first kappa shape index (κ1) is 43.9. The fraction of sp³-hybridized carbons (Fsp3) is 0.324. The zero-order valence-corrected chi connectivity index (χ0v) is 36.0. The molecular weight excluding hydrogens is 850 g/mol. The molecule has 5 heterocycles. The fourth-order valence-electron chi connectivity index (χ4n) is 4.88. The summed E-state index contributed by atoms with van der Waals surface area (Å²) in [5, 5.41) is 0.162. The van der Waals surface area contributed by atoms with Crippen molar-refractivity contribution in [1.82, 2.24) is 32.7 Å². The number of carbonyl (C=O) groups is 2. The van der Waals surface area contributed by atoms with E-state index in [4.69, 9.17) is 21.1 Å². The number of ether oxygens (including phenoxy) is 2. The predicted octanol–water partition coefficient (Wildman–Crippen LogP) is 7.45. The standard InChI is InChI=1S/C21H23ClN4O4S.C16H20BrN3O4S/c1-21(2,3)30-20(27)25(4)13-15-11-18(17-8-6-10-24-19(17)22)26(14-15)31(28,29)16-7-5-9-23-12-16;1-16(2,3)24-15(21)19(4)10-12-8-14(17)20(11-12)25(22,23)13-6-5-7-18-9-13/h5-12,14H,13H2,1-4H3;5-9,11H,10H2,1-4H3. The predicted molar refractivity (Wildman–Crippen MR) is 214 cm³/mol. The highest BCUT2D eigenvalue weighted by Crippen LogP contribution is 2.31. The van der Waals surface area contributed by atoms with Crippen molar-refractivity contribution in [1.29, 1.82) is 0 Å². The van der Waals surface area contributed by atoms with Gasteiger partial charge in [0.1, 0.15) is 30.7 Å². The summed E-state index contributed by atoms with van der Waals surface area (Å²) in [6, 6.07) is 12.7. The Bertz CT molecular complexity index is 2380. The fourth-order valence-corrected chi connectivity index (χ4v) is 8.64. The van der Waals surface area contributed by atoms with Crippen LogP contribution in [0.25, 0.3) is 11.3 Å². The first-order valence-corrected chi connectivity index (χ1v) is 20.9. The van der Waals surface area contributed by atoms with Crippen molar-refractivity contribution < 1.29 is 35.9 Å². The number of halogens is 2. The summed E-state index contributed by atoms with van der Waals surface area (Å²) in [5.74, 6) is 0. The number of nitrogens with zero attached hydrogens (tertiary/aromatic N) is 7. The van der Waals surface area contributed by atoms with Crippen molar-refractivity contribution in [2.45, 2.75) is 75.6 Å². The van der Waals surface area contributed by atoms with E-state index in [2.05, 4.69) is 30.9 Å². The number of hydrogen-bond acceptors (Lipinski definition) is 11. The first-order valence-electron chi connectivity index (χ1n) is 16.9. The van der Waals surface area contributed by atoms with Crippen molar-refractivity contribution in [2.24, 2.45) is 0 Å². The Morgan fingerprint density at radius 2 is 1.18 bits per heavy atom. The van der Waals surface area contributed by atoms with Crippen LogP contribution in [0.5, 0.6) is 0 Å². The lowest BCUT2D eigenvalue weighted by Crippen LogP contribution is -2.33. The minimum absolute atomic E-state index is 0.0268. The van der Waals surface area contributed by atoms with Crippen molar-refractivity contribution in [3.8, 4) is 11.3 Å². The number of rotatable bonds is 9. The highest BCUT2D eigenvalue weighted by atomic mass is 79.9. The van der Waals surface area contributed by atoms with E-state index in [0.717, 1.165) is 7.94 Å². The summed E-state index contributed by atoms with van der Waals surface area (Å²) >= 11 is 9.50. The summed E-state index contributed by atoms with van der Waals surface area (Å²) in [5.41, 5.74) is 0.761. The molecule has 0 spiro atoms. The summed E-state index contributed by atoms with van der Waals surface area (Å²) in [6.45, 7) is 11.0. The summed E-state index contributed by atoms with van der Waals surface area (Å²) in [6.07, 6.45) is 9.01. The Balaban J connectivity index is 0.000000255. The normalized spacial score (nSPS) is 12.0. The van der Waals surface area contributed by atoms with Crippen LogP contribution in [0.15, 0.2) is 106 Å². The summed E-state index contributed by atoms with van der Waals surface area (Å²) in [7, 11) is -4.55. The molecule has 0 bridgehead atoms. The molecule has 15 nitrogen and oxygen atoms in total. The van der Waals surface area contributed by atoms with Gasteiger partial charge in [-0.1, -0.05) is 11.6 Å². The van der Waals surface area contributed by atoms with Crippen molar-refractivity contribution in [2.75, 3.05) is 14.1 Å². The zero-order valence-electron chi connectivity index (χ0n) is 32.0. The Morgan fingerprint density at radius 3 is 1.62 bits per heavy atom. The minimum atomic E-state index is -3.97. The summed E-state index contributed by atoms with van der Waals surface area (Å²) in [4.78, 5) is 39.0. The lowest BCUT2D eigenvalue weighted by molar-refractivity contribution is 0.0275. The average molecular weight is 893 g/mol. The summed E-state index contributed by atoms with van der Waals surface area (Å²) < 4.78 is 65.2. The first-order chi connectivity index (χ1) is 26.0. The van der Waals surface area contributed by atoms with Crippen molar-refractivity contribution in [3.63, 3.8) is 0 Å². The van der Waals surface area contributed by atoms with E-state index < -0.39 is 43.4 Å². The maximum atomic E-state index is 13.3. The highest BCUT2D eigenvalue weighted by molar-refractivity contribution is 9.10. The quantitative estimate of drug-likeness (QED) is 0.134. The molecule has 0 fully saturated rings. The Morgan fingerprint density at radius 1 is 0.732 bits per heavy atom. The molecular formula is C37H43BrClN7O8S2. The van der Waals surface area contributed by atoms with E-state index >= 15 is 0 Å². The van der Waals surface area contributed by atoms with Gasteiger partial charge in [0.05, 0.1) is 18.8 Å². The molecule has 5 aromatic heterocycles. The molecule has 56 heavy (non-hydrogen) atoms. The van der Waals surface area contributed by atoms with Crippen molar-refractivity contribution >= 4 is 59.8 Å². The van der Waals surface area contributed by atoms with E-state index in [-0.39, 0.29) is 28.0 Å². The van der Waals surface area contributed by atoms with E-state index in [0.29, 0.717) is 27.0 Å². The number of carbonyl (C=O) groups excluding carboxylic acids is 2. The molecule has 0 aliphatic carbocycles. The maximum Gasteiger partial charge on any atom is 0.410 e. The van der Waals surface area contributed by atoms with Crippen LogP contribution in [-0.2, 0) is 42.6 Å². The average Bonchev–Trinajstić information content (AvgIpc) is 3.71. The smallest absolute Gasteiger partial charge is 0.410 e. The van der Waals surface area contributed by atoms with Gasteiger partial charge in [0.25, 0.3) is 20.0 Å². The van der Waals surface area contributed by atoms with Crippen LogP contribution in [0.4, 0.5) is 9.59 Å². The second-order valence-corrected chi connectivity index (χ2v) is 19.2. The van der Waals surface area contributed by atoms with Crippen LogP contribution in [-0.4, -0.2) is 87.0 Å². The molecule has 5 aromatic rings. The number of amides is 2. The van der Waals surface area contributed by atoms with Gasteiger partial charge in [0.2, 0.25) is 0 Å². The van der Waals surface area contributed by atoms with Crippen LogP contribution < -0.4 is 0 Å². The topological polar surface area (TPSA) is 176 Å². The van der Waals surface area contributed by atoms with E-state index in [1.807, 2.05) is 0 Å². The van der Waals surface area contributed by atoms with Crippen LogP contribution in [0.2, 0.25) is 5.15 Å². The molecule has 0 aromatic carbocycles. The second kappa shape index (κ2) is 17.6. The van der Waals surface area contributed by atoms with Gasteiger partial charge in [-0.15, -0.1) is 0 Å². The van der Waals surface area contributed by atoms with Gasteiger partial charge in [-0.2, -0.15) is 0 Å². The molecule has 0 saturated carbocycles. The van der Waals surface area contributed by atoms with Crippen LogP contribution in [0.3, 0.4) is 0 Å². The van der Waals surface area contributed by atoms with Gasteiger partial charge in [-0.05, 0) is 117 Å². The number of aromatic nitrogens is 5. The molecule has 5 rings (SSSR count). The Hall–Kier alpha value is -4.78. The zero-order chi connectivity index (χ0) is 41.6. The maximum absolute atomic E-state index is 13.3. The lowest BCUT2D eigenvalue weighted by atomic mass is 10.2. The van der Waals surface area contributed by atoms with Crippen molar-refractivity contribution in [3.05, 3.63) is 113 Å². The molecule has 2 amide bonds. The third-order valence-electron chi connectivity index (χ3n) is 7.31. The molecule has 0 radical (unpaired) electrons. The highest BCUT2D eigenvalue weighted by Gasteiger charge is 2.26. The molecule has 0 unspecified atom stereocenters. The largest absolute Gasteiger partial charge is 0.444 e. The molecule has 0 aliphatic rings. The number of pyridine rings is 3. The second-order valence-electron chi connectivity index (χ2n) is 14.4. The van der Waals surface area contributed by atoms with Gasteiger partial charge < -0.3 is 19.3 Å². The molecule has 0 atom stereocenters. The van der Waals surface area contributed by atoms with Crippen LogP contribution >= 0.6 is 27.5 Å². The van der Waals surface area contributed by atoms with Gasteiger partial charge >= 0.3 is 12.2 Å². The van der Waals surface area contributed by atoms with Gasteiger partial charge in [0, 0.05) is 63.0 Å². The van der Waals surface area contributed by atoms with Crippen LogP contribution in [0.1, 0.15) is 52.7 Å². The third kappa shape index (κ3) is 11.4. The third-order valence-corrected chi connectivity index (χ3v) is 11.8. The molecule has 0 aliphatic heterocycles. The molecule has 300 valence electrons. The lowest BCUT2D eigenvalue weighted by Gasteiger charge is -2.24. The Kier molecular flexibility index (Phi) is 13.8. The van der Waals surface area contributed by atoms with E-state index in [1.54, 1.807) is 92.0 Å². The number of hydrogen-bond donors (Lipinski definition) is 0. The molecule has 0 saturated heterocycles. The SMILES string of the molecule is CN(Cc1cc(-c2cccnc2Cl)n(S(=O)(=O)c2cccnc2)c1)C(=O)OC(C)(C)C.CN(Cc1cc(Br)n(S(=O)(=O)c2cccnc2)c1)C(=O)OC(C)(C)C. The van der Waals surface area contributed by atoms with Crippen LogP contribution in [0, 0.1) is 0 Å². The monoisotopic (exact) mass is 891 g/mol. The van der Waals surface area contributed by atoms with Gasteiger partial charge in [-0.25, -0.2) is 39.4 Å².